The van der Waals surface area contributed by atoms with Crippen LogP contribution in [0.1, 0.15) is 30.7 Å². The minimum atomic E-state index is 0.413. The van der Waals surface area contributed by atoms with E-state index in [1.807, 2.05) is 13.8 Å². The van der Waals surface area contributed by atoms with E-state index in [9.17, 15) is 5.26 Å². The first-order chi connectivity index (χ1) is 10.1. The Morgan fingerprint density at radius 1 is 1.19 bits per heavy atom. The number of benzene rings is 1. The Hall–Kier alpha value is -1.83. The molecule has 2 aromatic rings. The molecule has 0 spiro atoms. The van der Waals surface area contributed by atoms with Crippen molar-refractivity contribution in [3.05, 3.63) is 45.1 Å². The lowest BCUT2D eigenvalue weighted by molar-refractivity contribution is 0.877. The predicted octanol–water partition coefficient (Wildman–Crippen LogP) is 4.52. The number of nitrogens with zero attached hydrogens (tertiary/aromatic N) is 3. The lowest BCUT2D eigenvalue weighted by Crippen LogP contribution is -2.07. The molecule has 0 aliphatic heterocycles. The maximum absolute atomic E-state index is 9.43. The third kappa shape index (κ3) is 3.26. The highest BCUT2D eigenvalue weighted by Gasteiger charge is 2.15. The standard InChI is InChI=1S/C15H14Cl2N4/c1-3-10-11(8-18)15(21-20-13(10)4-2)19-14-6-5-9(16)7-12(14)17/h5-7H,3-4H2,1-2H3,(H,19,21). The van der Waals surface area contributed by atoms with Crippen molar-refractivity contribution in [2.24, 2.45) is 0 Å². The first kappa shape index (κ1) is 15.6. The van der Waals surface area contributed by atoms with Gasteiger partial charge in [-0.05, 0) is 36.6 Å². The summed E-state index contributed by atoms with van der Waals surface area (Å²) in [5.74, 6) is 0.413. The predicted molar refractivity (Wildman–Crippen MR) is 85.2 cm³/mol. The number of rotatable bonds is 4. The van der Waals surface area contributed by atoms with Crippen LogP contribution in [0.15, 0.2) is 18.2 Å². The van der Waals surface area contributed by atoms with Crippen molar-refractivity contribution in [1.82, 2.24) is 10.2 Å². The number of nitriles is 1. The van der Waals surface area contributed by atoms with Crippen molar-refractivity contribution in [3.63, 3.8) is 0 Å². The van der Waals surface area contributed by atoms with Crippen molar-refractivity contribution >= 4 is 34.7 Å². The van der Waals surface area contributed by atoms with Crippen LogP contribution in [-0.4, -0.2) is 10.2 Å². The molecule has 2 rings (SSSR count). The molecule has 4 nitrogen and oxygen atoms in total. The highest BCUT2D eigenvalue weighted by atomic mass is 35.5. The molecule has 1 aromatic carbocycles. The van der Waals surface area contributed by atoms with Gasteiger partial charge in [-0.15, -0.1) is 5.10 Å². The third-order valence-electron chi connectivity index (χ3n) is 3.14. The topological polar surface area (TPSA) is 61.6 Å². The number of nitrogens with one attached hydrogen (secondary N) is 1. The fourth-order valence-electron chi connectivity index (χ4n) is 2.10. The van der Waals surface area contributed by atoms with E-state index >= 15 is 0 Å². The smallest absolute Gasteiger partial charge is 0.171 e. The van der Waals surface area contributed by atoms with Gasteiger partial charge in [-0.3, -0.25) is 0 Å². The van der Waals surface area contributed by atoms with Crippen LogP contribution in [0.4, 0.5) is 11.5 Å². The minimum Gasteiger partial charge on any atom is -0.336 e. The number of hydrogen-bond acceptors (Lipinski definition) is 4. The molecule has 0 unspecified atom stereocenters. The Morgan fingerprint density at radius 2 is 1.95 bits per heavy atom. The summed E-state index contributed by atoms with van der Waals surface area (Å²) < 4.78 is 0. The molecule has 1 aromatic heterocycles. The number of aryl methyl sites for hydroxylation is 1. The van der Waals surface area contributed by atoms with Crippen LogP contribution in [0.2, 0.25) is 10.0 Å². The maximum Gasteiger partial charge on any atom is 0.171 e. The summed E-state index contributed by atoms with van der Waals surface area (Å²) >= 11 is 12.0. The van der Waals surface area contributed by atoms with Gasteiger partial charge in [0.2, 0.25) is 0 Å². The van der Waals surface area contributed by atoms with Gasteiger partial charge in [0.25, 0.3) is 0 Å². The van der Waals surface area contributed by atoms with Gasteiger partial charge in [0.05, 0.1) is 16.4 Å². The second-order valence-electron chi connectivity index (χ2n) is 4.42. The van der Waals surface area contributed by atoms with Crippen molar-refractivity contribution in [2.75, 3.05) is 5.32 Å². The SMILES string of the molecule is CCc1nnc(Nc2ccc(Cl)cc2Cl)c(C#N)c1CC. The van der Waals surface area contributed by atoms with Crippen LogP contribution in [0.3, 0.4) is 0 Å². The van der Waals surface area contributed by atoms with E-state index in [1.165, 1.54) is 0 Å². The number of hydrogen-bond donors (Lipinski definition) is 1. The lowest BCUT2D eigenvalue weighted by Gasteiger charge is -2.13. The largest absolute Gasteiger partial charge is 0.336 e. The summed E-state index contributed by atoms with van der Waals surface area (Å²) in [4.78, 5) is 0. The Kier molecular flexibility index (Phi) is 5.00. The number of anilines is 2. The van der Waals surface area contributed by atoms with E-state index in [1.54, 1.807) is 18.2 Å². The van der Waals surface area contributed by atoms with Crippen molar-refractivity contribution in [2.45, 2.75) is 26.7 Å². The Bertz CT molecular complexity index is 708. The summed E-state index contributed by atoms with van der Waals surface area (Å²) in [7, 11) is 0. The third-order valence-corrected chi connectivity index (χ3v) is 3.69. The molecule has 0 aliphatic carbocycles. The molecule has 0 saturated heterocycles. The summed E-state index contributed by atoms with van der Waals surface area (Å²) in [5.41, 5.74) is 2.91. The fraction of sp³-hybridized carbons (Fsp3) is 0.267. The molecule has 1 N–H and O–H groups in total. The monoisotopic (exact) mass is 320 g/mol. The minimum absolute atomic E-state index is 0.413. The molecule has 0 saturated carbocycles. The Morgan fingerprint density at radius 3 is 2.52 bits per heavy atom. The summed E-state index contributed by atoms with van der Waals surface area (Å²) in [6.45, 7) is 3.99. The zero-order valence-corrected chi connectivity index (χ0v) is 13.3. The van der Waals surface area contributed by atoms with Gasteiger partial charge in [0.15, 0.2) is 5.82 Å². The molecule has 0 aliphatic rings. The molecule has 21 heavy (non-hydrogen) atoms. The number of aromatic nitrogens is 2. The Labute approximate surface area is 133 Å². The molecule has 0 bridgehead atoms. The van der Waals surface area contributed by atoms with Gasteiger partial charge in [0.1, 0.15) is 11.6 Å². The van der Waals surface area contributed by atoms with Gasteiger partial charge >= 0.3 is 0 Å². The summed E-state index contributed by atoms with van der Waals surface area (Å²) in [6.07, 6.45) is 1.47. The summed E-state index contributed by atoms with van der Waals surface area (Å²) in [6, 6.07) is 7.30. The van der Waals surface area contributed by atoms with E-state index < -0.39 is 0 Å². The average molecular weight is 321 g/mol. The molecule has 0 amide bonds. The first-order valence-electron chi connectivity index (χ1n) is 6.61. The highest BCUT2D eigenvalue weighted by molar-refractivity contribution is 6.36. The van der Waals surface area contributed by atoms with Gasteiger partial charge in [-0.2, -0.15) is 10.4 Å². The van der Waals surface area contributed by atoms with E-state index in [0.29, 0.717) is 27.1 Å². The highest BCUT2D eigenvalue weighted by Crippen LogP contribution is 2.29. The van der Waals surface area contributed by atoms with Gasteiger partial charge in [-0.25, -0.2) is 0 Å². The molecule has 6 heteroatoms. The second kappa shape index (κ2) is 6.75. The van der Waals surface area contributed by atoms with Crippen molar-refractivity contribution in [1.29, 1.82) is 5.26 Å². The van der Waals surface area contributed by atoms with Crippen molar-refractivity contribution in [3.8, 4) is 6.07 Å². The molecule has 0 radical (unpaired) electrons. The van der Waals surface area contributed by atoms with Crippen LogP contribution in [0, 0.1) is 11.3 Å². The van der Waals surface area contributed by atoms with Crippen LogP contribution in [-0.2, 0) is 12.8 Å². The fourth-order valence-corrected chi connectivity index (χ4v) is 2.55. The average Bonchev–Trinajstić information content (AvgIpc) is 2.49. The molecular weight excluding hydrogens is 307 g/mol. The molecule has 108 valence electrons. The van der Waals surface area contributed by atoms with E-state index in [2.05, 4.69) is 21.6 Å². The van der Waals surface area contributed by atoms with E-state index in [-0.39, 0.29) is 0 Å². The number of halogens is 2. The van der Waals surface area contributed by atoms with Crippen LogP contribution in [0.25, 0.3) is 0 Å². The normalized spacial score (nSPS) is 10.2. The van der Waals surface area contributed by atoms with Gasteiger partial charge < -0.3 is 5.32 Å². The molecule has 0 fully saturated rings. The Balaban J connectivity index is 2.47. The molecule has 0 atom stereocenters. The zero-order chi connectivity index (χ0) is 15.4. The second-order valence-corrected chi connectivity index (χ2v) is 5.26. The first-order valence-corrected chi connectivity index (χ1v) is 7.36. The van der Waals surface area contributed by atoms with Crippen LogP contribution < -0.4 is 5.32 Å². The van der Waals surface area contributed by atoms with Crippen LogP contribution >= 0.6 is 23.2 Å². The lowest BCUT2D eigenvalue weighted by atomic mass is 10.0. The zero-order valence-electron chi connectivity index (χ0n) is 11.7. The molecule has 1 heterocycles. The quantitative estimate of drug-likeness (QED) is 0.899. The van der Waals surface area contributed by atoms with E-state index in [4.69, 9.17) is 23.2 Å². The molecular formula is C15H14Cl2N4. The van der Waals surface area contributed by atoms with Crippen LogP contribution in [0.5, 0.6) is 0 Å². The van der Waals surface area contributed by atoms with Crippen molar-refractivity contribution < 1.29 is 0 Å². The van der Waals surface area contributed by atoms with E-state index in [0.717, 1.165) is 24.1 Å². The van der Waals surface area contributed by atoms with Gasteiger partial charge in [0, 0.05) is 5.02 Å². The summed E-state index contributed by atoms with van der Waals surface area (Å²) in [5, 5.41) is 21.8. The maximum atomic E-state index is 9.43. The van der Waals surface area contributed by atoms with Gasteiger partial charge in [-0.1, -0.05) is 37.0 Å².